The maximum absolute atomic E-state index is 11.7. The van der Waals surface area contributed by atoms with Crippen molar-refractivity contribution in [3.05, 3.63) is 0 Å². The maximum atomic E-state index is 11.7. The lowest BCUT2D eigenvalue weighted by Gasteiger charge is -2.59. The Kier molecular flexibility index (Phi) is 7.29. The van der Waals surface area contributed by atoms with Crippen molar-refractivity contribution in [3.8, 4) is 0 Å². The van der Waals surface area contributed by atoms with Gasteiger partial charge in [0.2, 0.25) is 5.91 Å². The number of amides is 1. The Bertz CT molecular complexity index is 300. The van der Waals surface area contributed by atoms with Crippen LogP contribution in [0.25, 0.3) is 0 Å². The number of nitrogens with one attached hydrogen (secondary N) is 2. The Morgan fingerprint density at radius 2 is 1.95 bits per heavy atom. The molecule has 0 spiro atoms. The summed E-state index contributed by atoms with van der Waals surface area (Å²) in [5, 5.41) is 6.08. The molecule has 0 aromatic carbocycles. The van der Waals surface area contributed by atoms with Gasteiger partial charge in [-0.15, -0.1) is 12.4 Å². The normalized spacial score (nSPS) is 28.2. The smallest absolute Gasteiger partial charge is 0.234 e. The van der Waals surface area contributed by atoms with E-state index < -0.39 is 0 Å². The number of hydrogen-bond acceptors (Lipinski definition) is 4. The van der Waals surface area contributed by atoms with Gasteiger partial charge in [-0.3, -0.25) is 4.79 Å². The zero-order valence-electron chi connectivity index (χ0n) is 12.5. The highest BCUT2D eigenvalue weighted by atomic mass is 35.5. The summed E-state index contributed by atoms with van der Waals surface area (Å²) < 4.78 is 10.4. The molecule has 0 radical (unpaired) electrons. The van der Waals surface area contributed by atoms with Gasteiger partial charge < -0.3 is 20.1 Å². The van der Waals surface area contributed by atoms with E-state index in [1.165, 1.54) is 0 Å². The number of rotatable bonds is 7. The Balaban J connectivity index is 0.00000324. The van der Waals surface area contributed by atoms with Crippen LogP contribution in [0.5, 0.6) is 0 Å². The molecule has 19 heavy (non-hydrogen) atoms. The van der Waals surface area contributed by atoms with Gasteiger partial charge in [-0.2, -0.15) is 0 Å². The molecule has 114 valence electrons. The molecule has 2 atom stereocenters. The van der Waals surface area contributed by atoms with E-state index in [-0.39, 0.29) is 35.4 Å². The summed E-state index contributed by atoms with van der Waals surface area (Å²) in [5.41, 5.74) is -0.182. The van der Waals surface area contributed by atoms with Crippen LogP contribution in [0.15, 0.2) is 0 Å². The molecule has 0 aromatic heterocycles. The molecule has 0 bridgehead atoms. The van der Waals surface area contributed by atoms with E-state index in [9.17, 15) is 4.79 Å². The van der Waals surface area contributed by atoms with Gasteiger partial charge in [-0.1, -0.05) is 13.8 Å². The Morgan fingerprint density at radius 1 is 1.32 bits per heavy atom. The van der Waals surface area contributed by atoms with Crippen molar-refractivity contribution >= 4 is 18.3 Å². The average molecular weight is 295 g/mol. The summed E-state index contributed by atoms with van der Waals surface area (Å²) in [6, 6.07) is 0.180. The molecule has 0 heterocycles. The molecule has 1 saturated carbocycles. The highest BCUT2D eigenvalue weighted by Gasteiger charge is 2.58. The van der Waals surface area contributed by atoms with Crippen molar-refractivity contribution in [1.82, 2.24) is 10.6 Å². The van der Waals surface area contributed by atoms with Gasteiger partial charge >= 0.3 is 0 Å². The lowest BCUT2D eigenvalue weighted by molar-refractivity contribution is -0.182. The van der Waals surface area contributed by atoms with E-state index in [1.54, 1.807) is 14.2 Å². The van der Waals surface area contributed by atoms with Gasteiger partial charge in [0.15, 0.2) is 0 Å². The van der Waals surface area contributed by atoms with Gasteiger partial charge in [-0.25, -0.2) is 0 Å². The molecular weight excluding hydrogens is 268 g/mol. The molecule has 0 aromatic rings. The van der Waals surface area contributed by atoms with Crippen molar-refractivity contribution in [2.24, 2.45) is 5.41 Å². The molecule has 1 aliphatic carbocycles. The van der Waals surface area contributed by atoms with E-state index in [0.29, 0.717) is 19.7 Å². The van der Waals surface area contributed by atoms with Crippen LogP contribution in [0.4, 0.5) is 0 Å². The number of carbonyl (C=O) groups excluding carboxylic acids is 1. The highest BCUT2D eigenvalue weighted by molar-refractivity contribution is 5.85. The summed E-state index contributed by atoms with van der Waals surface area (Å²) in [4.78, 5) is 11.7. The lowest BCUT2D eigenvalue weighted by Crippen LogP contribution is -2.69. The molecule has 6 heteroatoms. The van der Waals surface area contributed by atoms with Crippen LogP contribution in [0.1, 0.15) is 27.2 Å². The van der Waals surface area contributed by atoms with Gasteiger partial charge in [0.25, 0.3) is 0 Å². The minimum Gasteiger partial charge on any atom is -0.383 e. The standard InChI is InChI=1S/C13H26N2O3.ClH/c1-12(2)10(8-13(12,3)18-5)15-11(16)9-14-6-7-17-4;/h10,14H,6-9H2,1-5H3,(H,15,16);1H. The molecule has 1 aliphatic rings. The molecule has 2 unspecified atom stereocenters. The minimum absolute atomic E-state index is 0. The summed E-state index contributed by atoms with van der Waals surface area (Å²) in [5.74, 6) is 0.0299. The Hall–Kier alpha value is -0.360. The third kappa shape index (κ3) is 4.05. The number of halogens is 1. The zero-order chi connectivity index (χ0) is 13.8. The summed E-state index contributed by atoms with van der Waals surface area (Å²) >= 11 is 0. The predicted molar refractivity (Wildman–Crippen MR) is 77.7 cm³/mol. The second-order valence-electron chi connectivity index (χ2n) is 5.65. The Morgan fingerprint density at radius 3 is 2.42 bits per heavy atom. The lowest BCUT2D eigenvalue weighted by atomic mass is 9.56. The summed E-state index contributed by atoms with van der Waals surface area (Å²) in [6.07, 6.45) is 0.861. The highest BCUT2D eigenvalue weighted by Crippen LogP contribution is 2.51. The first-order chi connectivity index (χ1) is 8.37. The first-order valence-corrected chi connectivity index (χ1v) is 6.41. The van der Waals surface area contributed by atoms with Gasteiger partial charge in [0.1, 0.15) is 0 Å². The van der Waals surface area contributed by atoms with Crippen LogP contribution in [0, 0.1) is 5.41 Å². The summed E-state index contributed by atoms with van der Waals surface area (Å²) in [6.45, 7) is 7.98. The van der Waals surface area contributed by atoms with Crippen LogP contribution < -0.4 is 10.6 Å². The predicted octanol–water partition coefficient (Wildman–Crippen LogP) is 0.964. The van der Waals surface area contributed by atoms with E-state index in [0.717, 1.165) is 6.42 Å². The fraction of sp³-hybridized carbons (Fsp3) is 0.923. The fourth-order valence-electron chi connectivity index (χ4n) is 2.34. The quantitative estimate of drug-likeness (QED) is 0.687. The second kappa shape index (κ2) is 7.43. The van der Waals surface area contributed by atoms with E-state index in [1.807, 2.05) is 0 Å². The first kappa shape index (κ1) is 18.6. The van der Waals surface area contributed by atoms with Crippen molar-refractivity contribution in [2.75, 3.05) is 33.9 Å². The molecule has 2 N–H and O–H groups in total. The van der Waals surface area contributed by atoms with E-state index >= 15 is 0 Å². The molecule has 1 amide bonds. The van der Waals surface area contributed by atoms with Crippen LogP contribution in [0.3, 0.4) is 0 Å². The molecule has 0 aliphatic heterocycles. The van der Waals surface area contributed by atoms with Crippen molar-refractivity contribution in [2.45, 2.75) is 38.8 Å². The van der Waals surface area contributed by atoms with Gasteiger partial charge in [-0.05, 0) is 13.3 Å². The maximum Gasteiger partial charge on any atom is 0.234 e. The summed E-state index contributed by atoms with van der Waals surface area (Å²) in [7, 11) is 3.37. The Labute approximate surface area is 122 Å². The third-order valence-electron chi connectivity index (χ3n) is 4.38. The van der Waals surface area contributed by atoms with Crippen molar-refractivity contribution in [1.29, 1.82) is 0 Å². The fourth-order valence-corrected chi connectivity index (χ4v) is 2.34. The minimum atomic E-state index is -0.144. The molecular formula is C13H27ClN2O3. The third-order valence-corrected chi connectivity index (χ3v) is 4.38. The average Bonchev–Trinajstić information content (AvgIpc) is 2.33. The number of ether oxygens (including phenoxy) is 2. The van der Waals surface area contributed by atoms with E-state index in [4.69, 9.17) is 9.47 Å². The van der Waals surface area contributed by atoms with Crippen LogP contribution in [-0.4, -0.2) is 51.5 Å². The van der Waals surface area contributed by atoms with Crippen LogP contribution in [-0.2, 0) is 14.3 Å². The molecule has 1 fully saturated rings. The van der Waals surface area contributed by atoms with Gasteiger partial charge in [0, 0.05) is 32.2 Å². The monoisotopic (exact) mass is 294 g/mol. The largest absolute Gasteiger partial charge is 0.383 e. The SMILES string of the molecule is COCCNCC(=O)NC1CC(C)(OC)C1(C)C.Cl. The van der Waals surface area contributed by atoms with Crippen LogP contribution in [0.2, 0.25) is 0 Å². The topological polar surface area (TPSA) is 59.6 Å². The number of carbonyl (C=O) groups is 1. The van der Waals surface area contributed by atoms with Gasteiger partial charge in [0.05, 0.1) is 18.8 Å². The van der Waals surface area contributed by atoms with Crippen molar-refractivity contribution < 1.29 is 14.3 Å². The van der Waals surface area contributed by atoms with Crippen LogP contribution >= 0.6 is 12.4 Å². The number of hydrogen-bond donors (Lipinski definition) is 2. The number of methoxy groups -OCH3 is 2. The molecule has 1 rings (SSSR count). The molecule has 0 saturated heterocycles. The second-order valence-corrected chi connectivity index (χ2v) is 5.65. The van der Waals surface area contributed by atoms with E-state index in [2.05, 4.69) is 31.4 Å². The first-order valence-electron chi connectivity index (χ1n) is 6.41. The zero-order valence-corrected chi connectivity index (χ0v) is 13.4. The van der Waals surface area contributed by atoms with Crippen molar-refractivity contribution in [3.63, 3.8) is 0 Å². The molecule has 5 nitrogen and oxygen atoms in total.